The van der Waals surface area contributed by atoms with Gasteiger partial charge in [-0.1, -0.05) is 49.6 Å². The van der Waals surface area contributed by atoms with E-state index in [-0.39, 0.29) is 29.8 Å². The van der Waals surface area contributed by atoms with E-state index in [1.54, 1.807) is 7.05 Å². The van der Waals surface area contributed by atoms with Crippen molar-refractivity contribution in [2.75, 3.05) is 25.5 Å². The third-order valence-corrected chi connectivity index (χ3v) is 7.83. The lowest BCUT2D eigenvalue weighted by Gasteiger charge is -2.35. The number of hydrogen-bond acceptors (Lipinski definition) is 4. The van der Waals surface area contributed by atoms with E-state index in [2.05, 4.69) is 59.0 Å². The molecular weight excluding hydrogens is 436 g/mol. The Morgan fingerprint density at radius 1 is 0.943 bits per heavy atom. The Kier molecular flexibility index (Phi) is 8.45. The molecule has 1 saturated carbocycles. The first-order chi connectivity index (χ1) is 17.0. The van der Waals surface area contributed by atoms with Gasteiger partial charge in [0.1, 0.15) is 6.04 Å². The molecule has 2 fully saturated rings. The van der Waals surface area contributed by atoms with Crippen LogP contribution in [0.15, 0.2) is 54.6 Å². The van der Waals surface area contributed by atoms with Gasteiger partial charge >= 0.3 is 0 Å². The molecule has 1 heterocycles. The summed E-state index contributed by atoms with van der Waals surface area (Å²) in [4.78, 5) is 31.0. The van der Waals surface area contributed by atoms with E-state index in [1.165, 1.54) is 6.42 Å². The van der Waals surface area contributed by atoms with Gasteiger partial charge in [0, 0.05) is 25.0 Å². The summed E-state index contributed by atoms with van der Waals surface area (Å²) in [5, 5.41) is 6.14. The van der Waals surface area contributed by atoms with Crippen molar-refractivity contribution in [3.05, 3.63) is 60.2 Å². The van der Waals surface area contributed by atoms with Gasteiger partial charge in [-0.3, -0.25) is 9.59 Å². The first kappa shape index (κ1) is 25.2. The van der Waals surface area contributed by atoms with Gasteiger partial charge in [0.25, 0.3) is 0 Å². The molecule has 4 rings (SSSR count). The number of hydrogen-bond donors (Lipinski definition) is 2. The maximum Gasteiger partial charge on any atom is 0.245 e. The lowest BCUT2D eigenvalue weighted by Crippen LogP contribution is -2.55. The Hall–Kier alpha value is -2.86. The zero-order chi connectivity index (χ0) is 24.8. The Labute approximate surface area is 210 Å². The van der Waals surface area contributed by atoms with Crippen molar-refractivity contribution in [2.45, 2.75) is 70.0 Å². The molecule has 188 valence electrons. The second kappa shape index (κ2) is 11.7. The van der Waals surface area contributed by atoms with Crippen LogP contribution >= 0.6 is 0 Å². The summed E-state index contributed by atoms with van der Waals surface area (Å²) in [6.45, 7) is 2.58. The van der Waals surface area contributed by atoms with Crippen LogP contribution in [0.3, 0.4) is 0 Å². The van der Waals surface area contributed by atoms with Crippen LogP contribution in [-0.4, -0.2) is 49.4 Å². The summed E-state index contributed by atoms with van der Waals surface area (Å²) < 4.78 is 0. The summed E-state index contributed by atoms with van der Waals surface area (Å²) >= 11 is 0. The fraction of sp³-hybridized carbons (Fsp3) is 0.517. The minimum absolute atomic E-state index is 0.0383. The zero-order valence-corrected chi connectivity index (χ0v) is 21.4. The normalized spacial score (nSPS) is 20.3. The smallest absolute Gasteiger partial charge is 0.245 e. The molecule has 0 bridgehead atoms. The highest BCUT2D eigenvalue weighted by Crippen LogP contribution is 2.37. The molecule has 1 saturated heterocycles. The molecule has 0 aromatic heterocycles. The topological polar surface area (TPSA) is 64.7 Å². The quantitative estimate of drug-likeness (QED) is 0.575. The predicted octanol–water partition coefficient (Wildman–Crippen LogP) is 4.79. The van der Waals surface area contributed by atoms with Crippen molar-refractivity contribution < 1.29 is 9.59 Å². The summed E-state index contributed by atoms with van der Waals surface area (Å²) in [7, 11) is 3.85. The molecule has 1 aliphatic heterocycles. The number of nitrogens with one attached hydrogen (secondary N) is 2. The molecular formula is C29H40N4O2. The number of benzene rings is 2. The summed E-state index contributed by atoms with van der Waals surface area (Å²) in [5.41, 5.74) is 3.39. The van der Waals surface area contributed by atoms with Gasteiger partial charge in [0.05, 0.1) is 12.1 Å². The Bertz CT molecular complexity index is 989. The molecule has 35 heavy (non-hydrogen) atoms. The Morgan fingerprint density at radius 2 is 1.66 bits per heavy atom. The number of carbonyl (C=O) groups excluding carboxylic acids is 2. The highest BCUT2D eigenvalue weighted by molar-refractivity contribution is 5.90. The van der Waals surface area contributed by atoms with Crippen LogP contribution in [0, 0.1) is 5.92 Å². The van der Waals surface area contributed by atoms with Crippen LogP contribution in [0.4, 0.5) is 11.4 Å². The summed E-state index contributed by atoms with van der Waals surface area (Å²) in [6, 6.07) is 18.1. The molecule has 1 aliphatic carbocycles. The van der Waals surface area contributed by atoms with E-state index in [0.29, 0.717) is 0 Å². The number of amides is 2. The third kappa shape index (κ3) is 5.87. The number of carbonyl (C=O) groups is 2. The van der Waals surface area contributed by atoms with E-state index < -0.39 is 6.04 Å². The molecule has 3 atom stereocenters. The fourth-order valence-electron chi connectivity index (χ4n) is 5.56. The molecule has 2 aliphatic rings. The van der Waals surface area contributed by atoms with E-state index in [0.717, 1.165) is 62.0 Å². The van der Waals surface area contributed by atoms with Gasteiger partial charge in [-0.2, -0.15) is 0 Å². The SMILES string of the molecule is CN[C@@H](C)C(=O)N[C@H](C(=O)N1CCC[C@H]1c1cccc(N(C)c2ccccc2)c1)C1CCCCC1. The number of para-hydroxylation sites is 1. The third-order valence-electron chi connectivity index (χ3n) is 7.83. The molecule has 2 amide bonds. The number of rotatable bonds is 8. The van der Waals surface area contributed by atoms with E-state index in [4.69, 9.17) is 0 Å². The number of likely N-dealkylation sites (N-methyl/N-ethyl adjacent to an activating group) is 1. The standard InChI is InChI=1S/C29H40N4O2/c1-21(30-2)28(34)31-27(22-12-6-4-7-13-22)29(35)33-19-11-18-26(33)23-14-10-17-25(20-23)32(3)24-15-8-5-9-16-24/h5,8-10,14-17,20-22,26-27,30H,4,6-7,11-13,18-19H2,1-3H3,(H,31,34)/t21-,26-,27-/m0/s1. The van der Waals surface area contributed by atoms with Gasteiger partial charge in [-0.25, -0.2) is 0 Å². The average Bonchev–Trinajstić information content (AvgIpc) is 3.41. The van der Waals surface area contributed by atoms with E-state index >= 15 is 0 Å². The maximum atomic E-state index is 14.0. The van der Waals surface area contributed by atoms with Crippen molar-refractivity contribution in [3.63, 3.8) is 0 Å². The number of likely N-dealkylation sites (tertiary alicyclic amines) is 1. The van der Waals surface area contributed by atoms with Crippen LogP contribution in [0.25, 0.3) is 0 Å². The molecule has 0 radical (unpaired) electrons. The monoisotopic (exact) mass is 476 g/mol. The lowest BCUT2D eigenvalue weighted by atomic mass is 9.83. The second-order valence-electron chi connectivity index (χ2n) is 10.1. The van der Waals surface area contributed by atoms with Crippen LogP contribution in [0.1, 0.15) is 63.5 Å². The van der Waals surface area contributed by atoms with Gasteiger partial charge < -0.3 is 20.4 Å². The first-order valence-electron chi connectivity index (χ1n) is 13.2. The minimum atomic E-state index is -0.450. The maximum absolute atomic E-state index is 14.0. The average molecular weight is 477 g/mol. The van der Waals surface area contributed by atoms with Crippen molar-refractivity contribution in [3.8, 4) is 0 Å². The van der Waals surface area contributed by atoms with Crippen LogP contribution in [0.2, 0.25) is 0 Å². The summed E-state index contributed by atoms with van der Waals surface area (Å²) in [6.07, 6.45) is 7.40. The first-order valence-corrected chi connectivity index (χ1v) is 13.2. The highest BCUT2D eigenvalue weighted by atomic mass is 16.2. The molecule has 6 heteroatoms. The minimum Gasteiger partial charge on any atom is -0.345 e. The van der Waals surface area contributed by atoms with Crippen molar-refractivity contribution in [1.82, 2.24) is 15.5 Å². The predicted molar refractivity (Wildman–Crippen MR) is 142 cm³/mol. The molecule has 2 N–H and O–H groups in total. The molecule has 6 nitrogen and oxygen atoms in total. The van der Waals surface area contributed by atoms with Gasteiger partial charge in [0.15, 0.2) is 0 Å². The Morgan fingerprint density at radius 3 is 2.37 bits per heavy atom. The number of anilines is 2. The fourth-order valence-corrected chi connectivity index (χ4v) is 5.56. The van der Waals surface area contributed by atoms with Gasteiger partial charge in [-0.15, -0.1) is 0 Å². The zero-order valence-electron chi connectivity index (χ0n) is 21.4. The van der Waals surface area contributed by atoms with Crippen LogP contribution < -0.4 is 15.5 Å². The molecule has 2 aromatic carbocycles. The van der Waals surface area contributed by atoms with Crippen LogP contribution in [-0.2, 0) is 9.59 Å². The second-order valence-corrected chi connectivity index (χ2v) is 10.1. The van der Waals surface area contributed by atoms with E-state index in [1.807, 2.05) is 30.0 Å². The van der Waals surface area contributed by atoms with Crippen molar-refractivity contribution in [2.24, 2.45) is 5.92 Å². The van der Waals surface area contributed by atoms with Gasteiger partial charge in [0.2, 0.25) is 11.8 Å². The Balaban J connectivity index is 1.56. The largest absolute Gasteiger partial charge is 0.345 e. The van der Waals surface area contributed by atoms with Crippen LogP contribution in [0.5, 0.6) is 0 Å². The van der Waals surface area contributed by atoms with Gasteiger partial charge in [-0.05, 0) is 75.4 Å². The molecule has 2 aromatic rings. The van der Waals surface area contributed by atoms with Crippen molar-refractivity contribution in [1.29, 1.82) is 0 Å². The van der Waals surface area contributed by atoms with E-state index in [9.17, 15) is 9.59 Å². The molecule has 0 spiro atoms. The highest BCUT2D eigenvalue weighted by Gasteiger charge is 2.39. The van der Waals surface area contributed by atoms with Crippen molar-refractivity contribution >= 4 is 23.2 Å². The molecule has 0 unspecified atom stereocenters. The lowest BCUT2D eigenvalue weighted by molar-refractivity contribution is -0.139. The summed E-state index contributed by atoms with van der Waals surface area (Å²) in [5.74, 6) is 0.192. The number of nitrogens with zero attached hydrogens (tertiary/aromatic N) is 2.